The largest absolute Gasteiger partial charge is 0.394 e. The molecule has 3 aromatic heterocycles. The molecule has 1 amide bonds. The van der Waals surface area contributed by atoms with Crippen molar-refractivity contribution >= 4 is 11.7 Å². The highest BCUT2D eigenvalue weighted by atomic mass is 16.3. The van der Waals surface area contributed by atoms with Gasteiger partial charge in [0.1, 0.15) is 23.3 Å². The predicted molar refractivity (Wildman–Crippen MR) is 164 cm³/mol. The highest BCUT2D eigenvalue weighted by Crippen LogP contribution is 2.39. The number of rotatable bonds is 11. The Balaban J connectivity index is 1.28. The topological polar surface area (TPSA) is 142 Å². The summed E-state index contributed by atoms with van der Waals surface area (Å²) in [6, 6.07) is 15.8. The molecular formula is C33H38N8O2. The fourth-order valence-electron chi connectivity index (χ4n) is 5.79. The molecule has 1 fully saturated rings. The molecule has 0 saturated heterocycles. The van der Waals surface area contributed by atoms with Gasteiger partial charge in [-0.25, -0.2) is 9.97 Å². The Hall–Kier alpha value is -4.62. The molecule has 0 spiro atoms. The van der Waals surface area contributed by atoms with Crippen molar-refractivity contribution < 1.29 is 9.90 Å². The molecule has 1 aliphatic rings. The van der Waals surface area contributed by atoms with E-state index < -0.39 is 0 Å². The molecule has 1 aromatic carbocycles. The van der Waals surface area contributed by atoms with Gasteiger partial charge in [-0.15, -0.1) is 0 Å². The van der Waals surface area contributed by atoms with Crippen LogP contribution < -0.4 is 10.6 Å². The van der Waals surface area contributed by atoms with Crippen LogP contribution in [0.15, 0.2) is 67.3 Å². The summed E-state index contributed by atoms with van der Waals surface area (Å²) in [7, 11) is 1.88. The number of carbonyl (C=O) groups is 1. The van der Waals surface area contributed by atoms with Crippen molar-refractivity contribution in [1.29, 1.82) is 5.26 Å². The molecule has 0 aliphatic heterocycles. The third-order valence-corrected chi connectivity index (χ3v) is 8.19. The van der Waals surface area contributed by atoms with Crippen molar-refractivity contribution in [2.24, 2.45) is 18.9 Å². The number of nitriles is 1. The number of hydrogen-bond donors (Lipinski definition) is 3. The molecular weight excluding hydrogens is 540 g/mol. The van der Waals surface area contributed by atoms with Gasteiger partial charge >= 0.3 is 0 Å². The van der Waals surface area contributed by atoms with Crippen molar-refractivity contribution in [2.75, 3.05) is 11.9 Å². The zero-order chi connectivity index (χ0) is 30.2. The third-order valence-electron chi connectivity index (χ3n) is 8.19. The van der Waals surface area contributed by atoms with Gasteiger partial charge in [-0.2, -0.15) is 10.4 Å². The third kappa shape index (κ3) is 7.62. The van der Waals surface area contributed by atoms with Crippen molar-refractivity contribution in [2.45, 2.75) is 57.5 Å². The van der Waals surface area contributed by atoms with Crippen molar-refractivity contribution in [3.63, 3.8) is 0 Å². The zero-order valence-electron chi connectivity index (χ0n) is 24.6. The summed E-state index contributed by atoms with van der Waals surface area (Å²) in [5, 5.41) is 29.4. The van der Waals surface area contributed by atoms with Crippen LogP contribution in [-0.2, 0) is 24.8 Å². The molecule has 10 nitrogen and oxygen atoms in total. The van der Waals surface area contributed by atoms with Gasteiger partial charge in [0.05, 0.1) is 30.6 Å². The smallest absolute Gasteiger partial charge is 0.229 e. The molecule has 3 heterocycles. The SMILES string of the molecule is CC(CO)Nc1nc(C[C@H]2CC[C@H](C(C(=O)NCc3ccccc3)c3ccc(-c4cnn(C)c4)cn3)CC2)ncc1C#N. The van der Waals surface area contributed by atoms with E-state index in [1.807, 2.05) is 75.0 Å². The lowest BCUT2D eigenvalue weighted by Gasteiger charge is -2.33. The Morgan fingerprint density at radius 1 is 1.07 bits per heavy atom. The first kappa shape index (κ1) is 29.9. The number of benzene rings is 1. The highest BCUT2D eigenvalue weighted by Gasteiger charge is 2.34. The van der Waals surface area contributed by atoms with Gasteiger partial charge in [0.15, 0.2) is 0 Å². The molecule has 2 unspecified atom stereocenters. The van der Waals surface area contributed by atoms with Crippen LogP contribution in [0.5, 0.6) is 0 Å². The van der Waals surface area contributed by atoms with Crippen molar-refractivity contribution in [3.05, 3.63) is 89.9 Å². The summed E-state index contributed by atoms with van der Waals surface area (Å²) >= 11 is 0. The Bertz CT molecular complexity index is 1540. The van der Waals surface area contributed by atoms with Crippen LogP contribution in [0.4, 0.5) is 5.82 Å². The summed E-state index contributed by atoms with van der Waals surface area (Å²) in [6.45, 7) is 2.24. The van der Waals surface area contributed by atoms with E-state index >= 15 is 0 Å². The quantitative estimate of drug-likeness (QED) is 0.238. The molecule has 10 heteroatoms. The fraction of sp³-hybridized carbons (Fsp3) is 0.394. The first-order valence-electron chi connectivity index (χ1n) is 14.8. The maximum Gasteiger partial charge on any atom is 0.229 e. The summed E-state index contributed by atoms with van der Waals surface area (Å²) in [5.74, 6) is 1.32. The number of carbonyl (C=O) groups excluding carboxylic acids is 1. The molecule has 43 heavy (non-hydrogen) atoms. The van der Waals surface area contributed by atoms with Crippen LogP contribution in [0.25, 0.3) is 11.1 Å². The van der Waals surface area contributed by atoms with Crippen LogP contribution in [0.1, 0.15) is 61.2 Å². The van der Waals surface area contributed by atoms with Crippen molar-refractivity contribution in [3.8, 4) is 17.2 Å². The fourth-order valence-corrected chi connectivity index (χ4v) is 5.79. The molecule has 0 radical (unpaired) electrons. The minimum absolute atomic E-state index is 0.00178. The summed E-state index contributed by atoms with van der Waals surface area (Å²) in [5.41, 5.74) is 4.16. The second-order valence-electron chi connectivity index (χ2n) is 11.4. The number of hydrogen-bond acceptors (Lipinski definition) is 8. The number of aromatic nitrogens is 5. The standard InChI is InChI=1S/C33H38N8O2/c1-22(21-42)39-32-27(15-34)18-36-30(40-32)14-23-8-10-25(11-9-23)31(33(43)37-16-24-6-4-3-5-7-24)29-13-12-26(17-35-29)28-19-38-41(2)20-28/h3-7,12-13,17-20,22-23,25,31,42H,8-11,14,16,21H2,1-2H3,(H,37,43)(H,36,39,40)/t22?,23-,25-,31?. The number of aryl methyl sites for hydroxylation is 1. The number of aliphatic hydroxyl groups is 1. The molecule has 4 aromatic rings. The number of aliphatic hydroxyl groups excluding tert-OH is 1. The van der Waals surface area contributed by atoms with Gasteiger partial charge in [-0.05, 0) is 56.1 Å². The van der Waals surface area contributed by atoms with E-state index in [9.17, 15) is 15.2 Å². The highest BCUT2D eigenvalue weighted by molar-refractivity contribution is 5.83. The Morgan fingerprint density at radius 3 is 2.51 bits per heavy atom. The molecule has 2 atom stereocenters. The van der Waals surface area contributed by atoms with E-state index in [0.717, 1.165) is 48.1 Å². The van der Waals surface area contributed by atoms with Crippen LogP contribution in [0, 0.1) is 23.2 Å². The van der Waals surface area contributed by atoms with Crippen LogP contribution in [-0.4, -0.2) is 48.4 Å². The maximum absolute atomic E-state index is 13.7. The van der Waals surface area contributed by atoms with E-state index in [-0.39, 0.29) is 30.4 Å². The van der Waals surface area contributed by atoms with Gasteiger partial charge in [0, 0.05) is 49.6 Å². The lowest BCUT2D eigenvalue weighted by atomic mass is 9.73. The second kappa shape index (κ2) is 14.0. The van der Waals surface area contributed by atoms with E-state index in [4.69, 9.17) is 4.98 Å². The number of nitrogens with one attached hydrogen (secondary N) is 2. The molecule has 3 N–H and O–H groups in total. The van der Waals surface area contributed by atoms with E-state index in [1.54, 1.807) is 10.9 Å². The van der Waals surface area contributed by atoms with Crippen LogP contribution in [0.2, 0.25) is 0 Å². The van der Waals surface area contributed by atoms with Crippen LogP contribution in [0.3, 0.4) is 0 Å². The van der Waals surface area contributed by atoms with Gasteiger partial charge in [0.2, 0.25) is 5.91 Å². The number of pyridine rings is 1. The molecule has 0 bridgehead atoms. The monoisotopic (exact) mass is 578 g/mol. The zero-order valence-corrected chi connectivity index (χ0v) is 24.6. The van der Waals surface area contributed by atoms with E-state index in [0.29, 0.717) is 36.1 Å². The average molecular weight is 579 g/mol. The Labute approximate surface area is 252 Å². The predicted octanol–water partition coefficient (Wildman–Crippen LogP) is 4.39. The number of anilines is 1. The minimum atomic E-state index is -0.352. The second-order valence-corrected chi connectivity index (χ2v) is 11.4. The average Bonchev–Trinajstić information content (AvgIpc) is 3.48. The van der Waals surface area contributed by atoms with E-state index in [2.05, 4.69) is 31.8 Å². The first-order chi connectivity index (χ1) is 20.9. The molecule has 222 valence electrons. The van der Waals surface area contributed by atoms with E-state index in [1.165, 1.54) is 0 Å². The molecule has 5 rings (SSSR count). The Kier molecular flexibility index (Phi) is 9.74. The molecule has 1 saturated carbocycles. The van der Waals surface area contributed by atoms with Crippen molar-refractivity contribution in [1.82, 2.24) is 30.0 Å². The van der Waals surface area contributed by atoms with Gasteiger partial charge < -0.3 is 15.7 Å². The number of nitrogens with zero attached hydrogens (tertiary/aromatic N) is 6. The van der Waals surface area contributed by atoms with Gasteiger partial charge in [-0.1, -0.05) is 36.4 Å². The van der Waals surface area contributed by atoms with Gasteiger partial charge in [-0.3, -0.25) is 14.5 Å². The maximum atomic E-state index is 13.7. The van der Waals surface area contributed by atoms with Gasteiger partial charge in [0.25, 0.3) is 0 Å². The van der Waals surface area contributed by atoms with Crippen LogP contribution >= 0.6 is 0 Å². The molecule has 1 aliphatic carbocycles. The minimum Gasteiger partial charge on any atom is -0.394 e. The summed E-state index contributed by atoms with van der Waals surface area (Å²) in [6.07, 6.45) is 11.5. The lowest BCUT2D eigenvalue weighted by molar-refractivity contribution is -0.124. The lowest BCUT2D eigenvalue weighted by Crippen LogP contribution is -2.35. The number of amides is 1. The summed E-state index contributed by atoms with van der Waals surface area (Å²) < 4.78 is 1.76. The normalized spacial score (nSPS) is 17.9. The summed E-state index contributed by atoms with van der Waals surface area (Å²) in [4.78, 5) is 27.6. The Morgan fingerprint density at radius 2 is 1.86 bits per heavy atom. The first-order valence-corrected chi connectivity index (χ1v) is 14.8.